The summed E-state index contributed by atoms with van der Waals surface area (Å²) in [7, 11) is 0. The van der Waals surface area contributed by atoms with Crippen LogP contribution in [0.3, 0.4) is 0 Å². The molecule has 1 aliphatic heterocycles. The minimum atomic E-state index is -0.619. The third-order valence-corrected chi connectivity index (χ3v) is 2.29. The quantitative estimate of drug-likeness (QED) is 0.813. The van der Waals surface area contributed by atoms with Crippen molar-refractivity contribution < 1.29 is 19.0 Å². The van der Waals surface area contributed by atoms with Gasteiger partial charge in [0.25, 0.3) is 0 Å². The first-order chi connectivity index (χ1) is 8.79. The van der Waals surface area contributed by atoms with Gasteiger partial charge >= 0.3 is 6.09 Å². The van der Waals surface area contributed by atoms with Gasteiger partial charge in [0.1, 0.15) is 26.4 Å². The normalized spacial score (nSPS) is 12.4. The van der Waals surface area contributed by atoms with E-state index in [0.717, 1.165) is 5.56 Å². The summed E-state index contributed by atoms with van der Waals surface area (Å²) >= 11 is 0. The number of hydrogen-bond donors (Lipinski definition) is 1. The Hall–Kier alpha value is -2.42. The Morgan fingerprint density at radius 2 is 2.17 bits per heavy atom. The van der Waals surface area contributed by atoms with Crippen LogP contribution in [0.4, 0.5) is 4.79 Å². The molecule has 0 aromatic heterocycles. The van der Waals surface area contributed by atoms with Gasteiger partial charge in [-0.2, -0.15) is 5.26 Å². The van der Waals surface area contributed by atoms with Crippen molar-refractivity contribution in [1.29, 1.82) is 5.26 Å². The van der Waals surface area contributed by atoms with E-state index in [1.165, 1.54) is 0 Å². The number of nitrogens with one attached hydrogen (secondary N) is 1. The number of carbonyl (C=O) groups excluding carboxylic acids is 1. The van der Waals surface area contributed by atoms with E-state index in [1.807, 2.05) is 0 Å². The number of alkyl carbamates (subject to hydrolysis) is 1. The minimum absolute atomic E-state index is 0.0695. The number of carbonyl (C=O) groups is 1. The highest BCUT2D eigenvalue weighted by Crippen LogP contribution is 2.30. The molecular weight excluding hydrogens is 236 g/mol. The van der Waals surface area contributed by atoms with Crippen LogP contribution in [0.2, 0.25) is 0 Å². The Labute approximate surface area is 104 Å². The second-order valence-corrected chi connectivity index (χ2v) is 3.57. The predicted molar refractivity (Wildman–Crippen MR) is 61.2 cm³/mol. The Balaban J connectivity index is 1.90. The highest BCUT2D eigenvalue weighted by atomic mass is 16.6. The molecule has 6 nitrogen and oxygen atoms in total. The second kappa shape index (κ2) is 5.77. The maximum atomic E-state index is 11.1. The number of ether oxygens (including phenoxy) is 3. The molecule has 1 aromatic carbocycles. The fraction of sp³-hybridized carbons (Fsp3) is 0.333. The van der Waals surface area contributed by atoms with Crippen LogP contribution in [0.5, 0.6) is 11.5 Å². The summed E-state index contributed by atoms with van der Waals surface area (Å²) in [6, 6.07) is 7.13. The van der Waals surface area contributed by atoms with Crippen molar-refractivity contribution in [1.82, 2.24) is 5.32 Å². The average Bonchev–Trinajstić information content (AvgIpc) is 2.42. The molecule has 0 spiro atoms. The zero-order chi connectivity index (χ0) is 12.8. The largest absolute Gasteiger partial charge is 0.486 e. The van der Waals surface area contributed by atoms with E-state index in [4.69, 9.17) is 19.5 Å². The van der Waals surface area contributed by atoms with Crippen molar-refractivity contribution >= 4 is 6.09 Å². The van der Waals surface area contributed by atoms with Gasteiger partial charge in [-0.3, -0.25) is 0 Å². The summed E-state index contributed by atoms with van der Waals surface area (Å²) < 4.78 is 15.7. The third kappa shape index (κ3) is 3.04. The van der Waals surface area contributed by atoms with E-state index in [9.17, 15) is 4.79 Å². The fourth-order valence-electron chi connectivity index (χ4n) is 1.49. The van der Waals surface area contributed by atoms with Gasteiger partial charge in [-0.05, 0) is 17.7 Å². The van der Waals surface area contributed by atoms with Crippen LogP contribution < -0.4 is 14.8 Å². The summed E-state index contributed by atoms with van der Waals surface area (Å²) in [4.78, 5) is 11.1. The molecule has 1 aromatic rings. The zero-order valence-corrected chi connectivity index (χ0v) is 9.64. The molecule has 0 aliphatic carbocycles. The molecule has 0 fully saturated rings. The molecule has 0 saturated carbocycles. The lowest BCUT2D eigenvalue weighted by molar-refractivity contribution is 0.140. The summed E-state index contributed by atoms with van der Waals surface area (Å²) in [6.45, 7) is 1.10. The van der Waals surface area contributed by atoms with Crippen LogP contribution in [0.15, 0.2) is 18.2 Å². The van der Waals surface area contributed by atoms with E-state index < -0.39 is 6.09 Å². The highest BCUT2D eigenvalue weighted by Gasteiger charge is 2.12. The molecule has 94 valence electrons. The third-order valence-electron chi connectivity index (χ3n) is 2.29. The first-order valence-electron chi connectivity index (χ1n) is 5.45. The van der Waals surface area contributed by atoms with Crippen LogP contribution in [-0.2, 0) is 11.3 Å². The Kier molecular flexibility index (Phi) is 3.86. The smallest absolute Gasteiger partial charge is 0.408 e. The van der Waals surface area contributed by atoms with E-state index in [1.54, 1.807) is 24.3 Å². The van der Waals surface area contributed by atoms with Gasteiger partial charge in [0.15, 0.2) is 11.5 Å². The van der Waals surface area contributed by atoms with Crippen LogP contribution in [0, 0.1) is 11.3 Å². The number of amides is 1. The molecule has 6 heteroatoms. The maximum absolute atomic E-state index is 11.1. The van der Waals surface area contributed by atoms with Gasteiger partial charge in [0, 0.05) is 0 Å². The Morgan fingerprint density at radius 3 is 2.94 bits per heavy atom. The first-order valence-corrected chi connectivity index (χ1v) is 5.45. The van der Waals surface area contributed by atoms with Crippen LogP contribution in [-0.4, -0.2) is 25.9 Å². The van der Waals surface area contributed by atoms with Gasteiger partial charge in [0.2, 0.25) is 0 Å². The van der Waals surface area contributed by atoms with Crippen molar-refractivity contribution in [3.8, 4) is 17.6 Å². The standard InChI is InChI=1S/C12H12N2O4/c13-3-4-14-12(15)18-8-9-1-2-10-11(7-9)17-6-5-16-10/h1-2,7H,4-6,8H2,(H,14,15). The molecule has 1 heterocycles. The summed E-state index contributed by atoms with van der Waals surface area (Å²) in [6.07, 6.45) is -0.619. The number of nitriles is 1. The molecular formula is C12H12N2O4. The summed E-state index contributed by atoms with van der Waals surface area (Å²) in [5.41, 5.74) is 0.798. The van der Waals surface area contributed by atoms with E-state index in [2.05, 4.69) is 5.32 Å². The number of fused-ring (bicyclic) bond motifs is 1. The Bertz CT molecular complexity index is 481. The van der Waals surface area contributed by atoms with Crippen molar-refractivity contribution in [2.75, 3.05) is 19.8 Å². The zero-order valence-electron chi connectivity index (χ0n) is 9.64. The lowest BCUT2D eigenvalue weighted by Crippen LogP contribution is -2.24. The molecule has 0 bridgehead atoms. The van der Waals surface area contributed by atoms with Gasteiger partial charge in [0.05, 0.1) is 6.07 Å². The molecule has 0 radical (unpaired) electrons. The molecule has 1 N–H and O–H groups in total. The van der Waals surface area contributed by atoms with Crippen LogP contribution in [0.1, 0.15) is 5.56 Å². The monoisotopic (exact) mass is 248 g/mol. The van der Waals surface area contributed by atoms with E-state index in [-0.39, 0.29) is 13.2 Å². The topological polar surface area (TPSA) is 80.6 Å². The molecule has 0 atom stereocenters. The molecule has 1 amide bonds. The first kappa shape index (κ1) is 12.0. The molecule has 0 saturated heterocycles. The van der Waals surface area contributed by atoms with Crippen molar-refractivity contribution in [2.24, 2.45) is 0 Å². The maximum Gasteiger partial charge on any atom is 0.408 e. The SMILES string of the molecule is N#CCNC(=O)OCc1ccc2c(c1)OCCO2. The fourth-order valence-corrected chi connectivity index (χ4v) is 1.49. The van der Waals surface area contributed by atoms with Crippen molar-refractivity contribution in [3.05, 3.63) is 23.8 Å². The highest BCUT2D eigenvalue weighted by molar-refractivity contribution is 5.67. The molecule has 18 heavy (non-hydrogen) atoms. The lowest BCUT2D eigenvalue weighted by atomic mass is 10.2. The number of nitrogens with zero attached hydrogens (tertiary/aromatic N) is 1. The second-order valence-electron chi connectivity index (χ2n) is 3.57. The number of hydrogen-bond acceptors (Lipinski definition) is 5. The summed E-state index contributed by atoms with van der Waals surface area (Å²) in [5.74, 6) is 1.35. The molecule has 0 unspecified atom stereocenters. The van der Waals surface area contributed by atoms with Gasteiger partial charge in [-0.25, -0.2) is 4.79 Å². The van der Waals surface area contributed by atoms with Gasteiger partial charge < -0.3 is 19.5 Å². The van der Waals surface area contributed by atoms with E-state index in [0.29, 0.717) is 24.7 Å². The molecule has 1 aliphatic rings. The van der Waals surface area contributed by atoms with Crippen LogP contribution in [0.25, 0.3) is 0 Å². The number of benzene rings is 1. The minimum Gasteiger partial charge on any atom is -0.486 e. The lowest BCUT2D eigenvalue weighted by Gasteiger charge is -2.18. The molecule has 2 rings (SSSR count). The van der Waals surface area contributed by atoms with E-state index >= 15 is 0 Å². The predicted octanol–water partition coefficient (Wildman–Crippen LogP) is 1.21. The summed E-state index contributed by atoms with van der Waals surface area (Å²) in [5, 5.41) is 10.6. The van der Waals surface area contributed by atoms with Crippen molar-refractivity contribution in [3.63, 3.8) is 0 Å². The van der Waals surface area contributed by atoms with Gasteiger partial charge in [-0.15, -0.1) is 0 Å². The Morgan fingerprint density at radius 1 is 1.39 bits per heavy atom. The number of rotatable bonds is 3. The van der Waals surface area contributed by atoms with Crippen molar-refractivity contribution in [2.45, 2.75) is 6.61 Å². The van der Waals surface area contributed by atoms with Crippen LogP contribution >= 0.6 is 0 Å². The average molecular weight is 248 g/mol. The van der Waals surface area contributed by atoms with Gasteiger partial charge in [-0.1, -0.05) is 6.07 Å².